The highest BCUT2D eigenvalue weighted by Crippen LogP contribution is 2.27. The largest absolute Gasteiger partial charge is 0.387 e. The van der Waals surface area contributed by atoms with E-state index in [-0.39, 0.29) is 0 Å². The summed E-state index contributed by atoms with van der Waals surface area (Å²) in [6.07, 6.45) is -0.426. The van der Waals surface area contributed by atoms with E-state index in [1.54, 1.807) is 0 Å². The van der Waals surface area contributed by atoms with Gasteiger partial charge in [-0.15, -0.1) is 0 Å². The van der Waals surface area contributed by atoms with Crippen molar-refractivity contribution in [3.8, 4) is 0 Å². The van der Waals surface area contributed by atoms with Crippen molar-refractivity contribution in [1.29, 1.82) is 0 Å². The Balaban J connectivity index is 2.37. The average Bonchev–Trinajstić information content (AvgIpc) is 2.71. The van der Waals surface area contributed by atoms with Crippen LogP contribution in [0.2, 0.25) is 0 Å². The fraction of sp³-hybridized carbons (Fsp3) is 0.500. The molecule has 1 N–H and O–H groups in total. The van der Waals surface area contributed by atoms with Crippen LogP contribution in [0.1, 0.15) is 31.2 Å². The van der Waals surface area contributed by atoms with E-state index in [0.717, 1.165) is 18.7 Å². The number of nitrogens with zero attached hydrogens (tertiary/aromatic N) is 2. The van der Waals surface area contributed by atoms with Crippen LogP contribution >= 0.6 is 0 Å². The number of fused-ring (bicyclic) bond motifs is 1. The summed E-state index contributed by atoms with van der Waals surface area (Å²) in [7, 11) is 2.07. The Morgan fingerprint density at radius 3 is 2.58 bits per heavy atom. The van der Waals surface area contributed by atoms with Gasteiger partial charge in [-0.2, -0.15) is 0 Å². The summed E-state index contributed by atoms with van der Waals surface area (Å²) in [5.41, 5.74) is 3.44. The molecule has 3 heteroatoms. The van der Waals surface area contributed by atoms with E-state index >= 15 is 0 Å². The van der Waals surface area contributed by atoms with Crippen molar-refractivity contribution in [3.05, 3.63) is 35.5 Å². The lowest BCUT2D eigenvalue weighted by Gasteiger charge is -2.22. The van der Waals surface area contributed by atoms with Gasteiger partial charge in [0.15, 0.2) is 0 Å². The smallest absolute Gasteiger partial charge is 0.0923 e. The maximum absolute atomic E-state index is 10.5. The molecule has 0 aliphatic rings. The summed E-state index contributed by atoms with van der Waals surface area (Å²) in [5, 5.41) is 11.7. The minimum absolute atomic E-state index is 0.426. The molecular formula is C16H24N2O. The molecule has 19 heavy (non-hydrogen) atoms. The molecule has 0 radical (unpaired) electrons. The molecule has 2 aromatic rings. The average molecular weight is 260 g/mol. The van der Waals surface area contributed by atoms with Gasteiger partial charge in [-0.05, 0) is 37.7 Å². The van der Waals surface area contributed by atoms with Gasteiger partial charge in [-0.1, -0.05) is 26.0 Å². The van der Waals surface area contributed by atoms with Crippen LogP contribution in [-0.2, 0) is 7.05 Å². The first kappa shape index (κ1) is 14.1. The highest BCUT2D eigenvalue weighted by atomic mass is 16.3. The number of likely N-dealkylation sites (N-methyl/N-ethyl adjacent to an activating group) is 1. The number of rotatable bonds is 5. The summed E-state index contributed by atoms with van der Waals surface area (Å²) in [4.78, 5) is 2.25. The Morgan fingerprint density at radius 1 is 1.26 bits per heavy atom. The summed E-state index contributed by atoms with van der Waals surface area (Å²) >= 11 is 0. The van der Waals surface area contributed by atoms with Crippen molar-refractivity contribution in [2.75, 3.05) is 19.6 Å². The van der Waals surface area contributed by atoms with Gasteiger partial charge < -0.3 is 14.6 Å². The van der Waals surface area contributed by atoms with Crippen LogP contribution in [0.15, 0.2) is 24.3 Å². The Hall–Kier alpha value is -1.32. The molecule has 0 bridgehead atoms. The standard InChI is InChI=1S/C16H24N2O/c1-5-18(6-2)11-16(19)13-8-7-9-15-14(13)10-12(3)17(15)4/h7-10,16,19H,5-6,11H2,1-4H3. The zero-order valence-corrected chi connectivity index (χ0v) is 12.3. The van der Waals surface area contributed by atoms with E-state index < -0.39 is 6.10 Å². The van der Waals surface area contributed by atoms with Crippen molar-refractivity contribution < 1.29 is 5.11 Å². The third-order valence-electron chi connectivity index (χ3n) is 4.05. The highest BCUT2D eigenvalue weighted by Gasteiger charge is 2.15. The van der Waals surface area contributed by atoms with Gasteiger partial charge in [-0.3, -0.25) is 0 Å². The lowest BCUT2D eigenvalue weighted by molar-refractivity contribution is 0.120. The molecule has 0 fully saturated rings. The summed E-state index contributed by atoms with van der Waals surface area (Å²) in [5.74, 6) is 0. The molecule has 2 rings (SSSR count). The lowest BCUT2D eigenvalue weighted by Crippen LogP contribution is -2.28. The minimum atomic E-state index is -0.426. The second-order valence-electron chi connectivity index (χ2n) is 5.13. The third-order valence-corrected chi connectivity index (χ3v) is 4.05. The zero-order valence-electron chi connectivity index (χ0n) is 12.3. The maximum Gasteiger partial charge on any atom is 0.0923 e. The minimum Gasteiger partial charge on any atom is -0.387 e. The molecule has 1 heterocycles. The van der Waals surface area contributed by atoms with E-state index in [2.05, 4.69) is 49.4 Å². The molecule has 0 saturated heterocycles. The van der Waals surface area contributed by atoms with Crippen LogP contribution in [0.5, 0.6) is 0 Å². The van der Waals surface area contributed by atoms with Gasteiger partial charge in [0.25, 0.3) is 0 Å². The van der Waals surface area contributed by atoms with Gasteiger partial charge in [0, 0.05) is 30.2 Å². The first-order valence-electron chi connectivity index (χ1n) is 7.03. The monoisotopic (exact) mass is 260 g/mol. The fourth-order valence-corrected chi connectivity index (χ4v) is 2.63. The highest BCUT2D eigenvalue weighted by molar-refractivity contribution is 5.85. The Morgan fingerprint density at radius 2 is 1.95 bits per heavy atom. The van der Waals surface area contributed by atoms with Gasteiger partial charge in [0.2, 0.25) is 0 Å². The number of hydrogen-bond donors (Lipinski definition) is 1. The first-order valence-corrected chi connectivity index (χ1v) is 7.03. The molecule has 0 saturated carbocycles. The van der Waals surface area contributed by atoms with Gasteiger partial charge in [0.05, 0.1) is 6.10 Å². The number of benzene rings is 1. The van der Waals surface area contributed by atoms with Crippen LogP contribution < -0.4 is 0 Å². The summed E-state index contributed by atoms with van der Waals surface area (Å²) in [6.45, 7) is 8.99. The molecule has 1 unspecified atom stereocenters. The summed E-state index contributed by atoms with van der Waals surface area (Å²) < 4.78 is 2.17. The second kappa shape index (κ2) is 5.76. The number of aromatic nitrogens is 1. The molecule has 3 nitrogen and oxygen atoms in total. The lowest BCUT2D eigenvalue weighted by atomic mass is 10.0. The van der Waals surface area contributed by atoms with E-state index in [0.29, 0.717) is 6.54 Å². The van der Waals surface area contributed by atoms with E-state index in [1.165, 1.54) is 16.6 Å². The number of aliphatic hydroxyl groups excluding tert-OH is 1. The normalized spacial score (nSPS) is 13.4. The van der Waals surface area contributed by atoms with Crippen LogP contribution in [0.25, 0.3) is 10.9 Å². The molecule has 0 aliphatic heterocycles. The molecule has 0 spiro atoms. The molecule has 1 aromatic heterocycles. The molecule has 0 amide bonds. The molecule has 1 atom stereocenters. The van der Waals surface area contributed by atoms with E-state index in [4.69, 9.17) is 0 Å². The zero-order chi connectivity index (χ0) is 14.0. The molecule has 0 aliphatic carbocycles. The van der Waals surface area contributed by atoms with Gasteiger partial charge in [0.1, 0.15) is 0 Å². The van der Waals surface area contributed by atoms with Crippen LogP contribution in [-0.4, -0.2) is 34.2 Å². The molecular weight excluding hydrogens is 236 g/mol. The Bertz CT molecular complexity index is 555. The van der Waals surface area contributed by atoms with E-state index in [9.17, 15) is 5.11 Å². The van der Waals surface area contributed by atoms with Crippen molar-refractivity contribution >= 4 is 10.9 Å². The van der Waals surface area contributed by atoms with Gasteiger partial charge >= 0.3 is 0 Å². The van der Waals surface area contributed by atoms with Crippen LogP contribution in [0.3, 0.4) is 0 Å². The SMILES string of the molecule is CCN(CC)CC(O)c1cccc2c1cc(C)n2C. The van der Waals surface area contributed by atoms with E-state index in [1.807, 2.05) is 12.1 Å². The van der Waals surface area contributed by atoms with Crippen molar-refractivity contribution in [3.63, 3.8) is 0 Å². The van der Waals surface area contributed by atoms with Crippen LogP contribution in [0, 0.1) is 6.92 Å². The van der Waals surface area contributed by atoms with Crippen molar-refractivity contribution in [2.45, 2.75) is 26.9 Å². The number of aryl methyl sites for hydroxylation is 2. The fourth-order valence-electron chi connectivity index (χ4n) is 2.63. The number of hydrogen-bond acceptors (Lipinski definition) is 2. The predicted octanol–water partition coefficient (Wildman–Crippen LogP) is 2.86. The van der Waals surface area contributed by atoms with Gasteiger partial charge in [-0.25, -0.2) is 0 Å². The van der Waals surface area contributed by atoms with Crippen molar-refractivity contribution in [1.82, 2.24) is 9.47 Å². The summed E-state index contributed by atoms with van der Waals surface area (Å²) in [6, 6.07) is 8.34. The first-order chi connectivity index (χ1) is 9.08. The Labute approximate surface area is 115 Å². The third kappa shape index (κ3) is 2.67. The molecule has 1 aromatic carbocycles. The topological polar surface area (TPSA) is 28.4 Å². The quantitative estimate of drug-likeness (QED) is 0.895. The van der Waals surface area contributed by atoms with Crippen molar-refractivity contribution in [2.24, 2.45) is 7.05 Å². The second-order valence-corrected chi connectivity index (χ2v) is 5.13. The maximum atomic E-state index is 10.5. The van der Waals surface area contributed by atoms with Crippen LogP contribution in [0.4, 0.5) is 0 Å². The number of aliphatic hydroxyl groups is 1. The molecule has 104 valence electrons. The Kier molecular flexibility index (Phi) is 4.27. The predicted molar refractivity (Wildman–Crippen MR) is 80.4 cm³/mol.